The summed E-state index contributed by atoms with van der Waals surface area (Å²) in [5, 5.41) is 13.0. The normalized spacial score (nSPS) is 27.0. The molecule has 1 unspecified atom stereocenters. The highest BCUT2D eigenvalue weighted by Gasteiger charge is 2.28. The number of aliphatic carboxylic acids is 1. The Morgan fingerprint density at radius 2 is 1.78 bits per heavy atom. The molecule has 23 heavy (non-hydrogen) atoms. The van der Waals surface area contributed by atoms with Gasteiger partial charge in [0.1, 0.15) is 0 Å². The number of benzene rings is 1. The Bertz CT molecular complexity index is 491. The van der Waals surface area contributed by atoms with Crippen molar-refractivity contribution in [2.24, 2.45) is 5.92 Å². The fourth-order valence-electron chi connectivity index (χ4n) is 3.95. The Labute approximate surface area is 138 Å². The van der Waals surface area contributed by atoms with Gasteiger partial charge in [-0.15, -0.1) is 0 Å². The maximum absolute atomic E-state index is 11.1. The number of carbonyl (C=O) groups is 1. The van der Waals surface area contributed by atoms with Gasteiger partial charge in [-0.2, -0.15) is 0 Å². The maximum atomic E-state index is 11.1. The van der Waals surface area contributed by atoms with Crippen LogP contribution < -0.4 is 5.32 Å². The van der Waals surface area contributed by atoms with Gasteiger partial charge in [-0.3, -0.25) is 4.79 Å². The standard InChI is InChI=1S/C19H28N2O2/c22-19(23)16-8-10-17(11-9-16)20-18(14-21-12-4-5-13-21)15-6-2-1-3-7-15/h1-3,6-7,16-18,20H,4-5,8-14H2,(H,22,23). The van der Waals surface area contributed by atoms with Crippen molar-refractivity contribution >= 4 is 5.97 Å². The minimum Gasteiger partial charge on any atom is -0.481 e. The minimum absolute atomic E-state index is 0.137. The summed E-state index contributed by atoms with van der Waals surface area (Å²) < 4.78 is 0. The van der Waals surface area contributed by atoms with Gasteiger partial charge >= 0.3 is 5.97 Å². The van der Waals surface area contributed by atoms with E-state index in [0.29, 0.717) is 12.1 Å². The monoisotopic (exact) mass is 316 g/mol. The molecule has 2 N–H and O–H groups in total. The third kappa shape index (κ3) is 4.55. The molecular weight excluding hydrogens is 288 g/mol. The summed E-state index contributed by atoms with van der Waals surface area (Å²) >= 11 is 0. The van der Waals surface area contributed by atoms with Gasteiger partial charge in [0, 0.05) is 18.6 Å². The number of rotatable bonds is 6. The van der Waals surface area contributed by atoms with Crippen molar-refractivity contribution in [1.29, 1.82) is 0 Å². The Kier molecular flexibility index (Phi) is 5.68. The number of nitrogens with one attached hydrogen (secondary N) is 1. The van der Waals surface area contributed by atoms with E-state index in [0.717, 1.165) is 32.2 Å². The van der Waals surface area contributed by atoms with Gasteiger partial charge in [-0.1, -0.05) is 30.3 Å². The van der Waals surface area contributed by atoms with E-state index < -0.39 is 5.97 Å². The molecule has 2 aliphatic rings. The Morgan fingerprint density at radius 3 is 2.39 bits per heavy atom. The summed E-state index contributed by atoms with van der Waals surface area (Å²) in [4.78, 5) is 13.7. The van der Waals surface area contributed by atoms with E-state index in [1.165, 1.54) is 31.5 Å². The van der Waals surface area contributed by atoms with Gasteiger partial charge in [0.05, 0.1) is 5.92 Å². The molecule has 1 aromatic rings. The zero-order valence-corrected chi connectivity index (χ0v) is 13.8. The van der Waals surface area contributed by atoms with Crippen molar-refractivity contribution in [1.82, 2.24) is 10.2 Å². The Morgan fingerprint density at radius 1 is 1.13 bits per heavy atom. The SMILES string of the molecule is O=C(O)C1CCC(NC(CN2CCCC2)c2ccccc2)CC1. The number of hydrogen-bond acceptors (Lipinski definition) is 3. The molecule has 1 heterocycles. The van der Waals surface area contributed by atoms with Gasteiger partial charge in [0.15, 0.2) is 0 Å². The smallest absolute Gasteiger partial charge is 0.306 e. The Hall–Kier alpha value is -1.39. The van der Waals surface area contributed by atoms with Crippen LogP contribution in [0.1, 0.15) is 50.1 Å². The summed E-state index contributed by atoms with van der Waals surface area (Å²) in [7, 11) is 0. The first kappa shape index (κ1) is 16.5. The van der Waals surface area contributed by atoms with E-state index in [-0.39, 0.29) is 5.92 Å². The van der Waals surface area contributed by atoms with Crippen LogP contribution >= 0.6 is 0 Å². The molecule has 0 bridgehead atoms. The predicted molar refractivity (Wildman–Crippen MR) is 91.4 cm³/mol. The van der Waals surface area contributed by atoms with Gasteiger partial charge in [-0.05, 0) is 57.2 Å². The number of carboxylic acids is 1. The molecule has 0 spiro atoms. The van der Waals surface area contributed by atoms with Crippen molar-refractivity contribution in [2.45, 2.75) is 50.6 Å². The molecule has 1 aromatic carbocycles. The van der Waals surface area contributed by atoms with E-state index in [1.807, 2.05) is 0 Å². The first-order chi connectivity index (χ1) is 11.2. The third-order valence-corrected chi connectivity index (χ3v) is 5.35. The highest BCUT2D eigenvalue weighted by Crippen LogP contribution is 2.27. The van der Waals surface area contributed by atoms with Crippen LogP contribution in [0.4, 0.5) is 0 Å². The summed E-state index contributed by atoms with van der Waals surface area (Å²) in [6.45, 7) is 3.47. The van der Waals surface area contributed by atoms with Crippen molar-refractivity contribution < 1.29 is 9.90 Å². The number of nitrogens with zero attached hydrogens (tertiary/aromatic N) is 1. The molecule has 1 aliphatic carbocycles. The zero-order valence-electron chi connectivity index (χ0n) is 13.8. The molecule has 2 fully saturated rings. The molecule has 1 saturated carbocycles. The quantitative estimate of drug-likeness (QED) is 0.847. The molecule has 1 saturated heterocycles. The third-order valence-electron chi connectivity index (χ3n) is 5.35. The summed E-state index contributed by atoms with van der Waals surface area (Å²) in [5.74, 6) is -0.762. The van der Waals surface area contributed by atoms with Crippen LogP contribution in [0.5, 0.6) is 0 Å². The molecule has 1 aliphatic heterocycles. The highest BCUT2D eigenvalue weighted by molar-refractivity contribution is 5.70. The molecular formula is C19H28N2O2. The van der Waals surface area contributed by atoms with Crippen molar-refractivity contribution in [2.75, 3.05) is 19.6 Å². The summed E-state index contributed by atoms with van der Waals surface area (Å²) in [6.07, 6.45) is 6.17. The van der Waals surface area contributed by atoms with Gasteiger partial charge in [0.2, 0.25) is 0 Å². The topological polar surface area (TPSA) is 52.6 Å². The van der Waals surface area contributed by atoms with E-state index in [1.54, 1.807) is 0 Å². The average Bonchev–Trinajstić information content (AvgIpc) is 3.09. The lowest BCUT2D eigenvalue weighted by atomic mass is 9.85. The van der Waals surface area contributed by atoms with E-state index in [4.69, 9.17) is 5.11 Å². The number of hydrogen-bond donors (Lipinski definition) is 2. The second-order valence-corrected chi connectivity index (χ2v) is 7.02. The lowest BCUT2D eigenvalue weighted by Gasteiger charge is -2.33. The molecule has 0 amide bonds. The molecule has 126 valence electrons. The van der Waals surface area contributed by atoms with Crippen LogP contribution in [0, 0.1) is 5.92 Å². The Balaban J connectivity index is 1.61. The predicted octanol–water partition coefficient (Wildman–Crippen LogP) is 3.06. The van der Waals surface area contributed by atoms with E-state index in [2.05, 4.69) is 40.5 Å². The molecule has 1 atom stereocenters. The number of carboxylic acid groups (broad SMARTS) is 1. The largest absolute Gasteiger partial charge is 0.481 e. The summed E-state index contributed by atoms with van der Waals surface area (Å²) in [6, 6.07) is 11.5. The molecule has 0 aromatic heterocycles. The van der Waals surface area contributed by atoms with Crippen LogP contribution in [0.25, 0.3) is 0 Å². The van der Waals surface area contributed by atoms with Crippen LogP contribution in [-0.2, 0) is 4.79 Å². The van der Waals surface area contributed by atoms with Crippen molar-refractivity contribution in [3.05, 3.63) is 35.9 Å². The summed E-state index contributed by atoms with van der Waals surface area (Å²) in [5.41, 5.74) is 1.35. The molecule has 4 heteroatoms. The fourth-order valence-corrected chi connectivity index (χ4v) is 3.95. The molecule has 0 radical (unpaired) electrons. The zero-order chi connectivity index (χ0) is 16.1. The fraction of sp³-hybridized carbons (Fsp3) is 0.632. The highest BCUT2D eigenvalue weighted by atomic mass is 16.4. The lowest BCUT2D eigenvalue weighted by Crippen LogP contribution is -2.41. The van der Waals surface area contributed by atoms with Crippen LogP contribution in [-0.4, -0.2) is 41.7 Å². The second kappa shape index (κ2) is 7.93. The first-order valence-electron chi connectivity index (χ1n) is 8.98. The van der Waals surface area contributed by atoms with Gasteiger partial charge in [-0.25, -0.2) is 0 Å². The van der Waals surface area contributed by atoms with Crippen LogP contribution in [0.15, 0.2) is 30.3 Å². The lowest BCUT2D eigenvalue weighted by molar-refractivity contribution is -0.142. The van der Waals surface area contributed by atoms with Crippen LogP contribution in [0.3, 0.4) is 0 Å². The van der Waals surface area contributed by atoms with E-state index in [9.17, 15) is 4.79 Å². The minimum atomic E-state index is -0.625. The average molecular weight is 316 g/mol. The van der Waals surface area contributed by atoms with Crippen LogP contribution in [0.2, 0.25) is 0 Å². The molecule has 4 nitrogen and oxygen atoms in total. The first-order valence-corrected chi connectivity index (χ1v) is 8.98. The van der Waals surface area contributed by atoms with Gasteiger partial charge in [0.25, 0.3) is 0 Å². The number of likely N-dealkylation sites (tertiary alicyclic amines) is 1. The van der Waals surface area contributed by atoms with Crippen molar-refractivity contribution in [3.63, 3.8) is 0 Å². The van der Waals surface area contributed by atoms with E-state index >= 15 is 0 Å². The maximum Gasteiger partial charge on any atom is 0.306 e. The van der Waals surface area contributed by atoms with Crippen molar-refractivity contribution in [3.8, 4) is 0 Å². The second-order valence-electron chi connectivity index (χ2n) is 7.02. The van der Waals surface area contributed by atoms with Gasteiger partial charge < -0.3 is 15.3 Å². The molecule has 3 rings (SSSR count).